The Morgan fingerprint density at radius 1 is 1.41 bits per heavy atom. The molecule has 27 heavy (non-hydrogen) atoms. The van der Waals surface area contributed by atoms with Crippen molar-refractivity contribution in [3.05, 3.63) is 41.1 Å². The van der Waals surface area contributed by atoms with Crippen LogP contribution in [0.15, 0.2) is 35.5 Å². The molecule has 0 radical (unpaired) electrons. The van der Waals surface area contributed by atoms with Crippen LogP contribution in [-0.2, 0) is 9.53 Å². The van der Waals surface area contributed by atoms with Crippen LogP contribution < -0.4 is 16.4 Å². The molecule has 1 heterocycles. The second-order valence-corrected chi connectivity index (χ2v) is 8.02. The molecule has 3 rings (SSSR count). The number of rotatable bonds is 6. The fraction of sp³-hybridized carbons (Fsp3) is 0.524. The van der Waals surface area contributed by atoms with Crippen LogP contribution >= 0.6 is 0 Å². The van der Waals surface area contributed by atoms with E-state index in [0.29, 0.717) is 17.8 Å². The van der Waals surface area contributed by atoms with Crippen LogP contribution in [-0.4, -0.2) is 38.9 Å². The van der Waals surface area contributed by atoms with Crippen molar-refractivity contribution in [1.29, 1.82) is 5.41 Å². The van der Waals surface area contributed by atoms with Crippen molar-refractivity contribution < 1.29 is 9.53 Å². The summed E-state index contributed by atoms with van der Waals surface area (Å²) in [5.41, 5.74) is 10.1. The Morgan fingerprint density at radius 3 is 2.67 bits per heavy atom. The molecule has 0 unspecified atom stereocenters. The van der Waals surface area contributed by atoms with Crippen molar-refractivity contribution >= 4 is 17.8 Å². The maximum atomic E-state index is 10.5. The van der Waals surface area contributed by atoms with Crippen LogP contribution in [0.4, 0.5) is 5.69 Å². The van der Waals surface area contributed by atoms with Gasteiger partial charge in [0, 0.05) is 29.4 Å². The Kier molecular flexibility index (Phi) is 7.56. The first kappa shape index (κ1) is 21.1. The number of nitrogens with one attached hydrogen (secondary N) is 3. The number of benzene rings is 1. The zero-order chi connectivity index (χ0) is 19.9. The summed E-state index contributed by atoms with van der Waals surface area (Å²) in [7, 11) is 1.97. The van der Waals surface area contributed by atoms with E-state index in [0.717, 1.165) is 61.8 Å². The Bertz CT molecular complexity index is 693. The van der Waals surface area contributed by atoms with Crippen LogP contribution in [0.1, 0.15) is 38.7 Å². The highest BCUT2D eigenvalue weighted by Crippen LogP contribution is 2.37. The van der Waals surface area contributed by atoms with E-state index >= 15 is 0 Å². The summed E-state index contributed by atoms with van der Waals surface area (Å²) in [6, 6.07) is 7.31. The molecule has 0 spiro atoms. The van der Waals surface area contributed by atoms with Crippen LogP contribution in [0, 0.1) is 16.7 Å². The predicted octanol–water partition coefficient (Wildman–Crippen LogP) is 2.90. The molecule has 1 saturated heterocycles. The molecule has 1 aliphatic carbocycles. The van der Waals surface area contributed by atoms with E-state index in [4.69, 9.17) is 15.9 Å². The van der Waals surface area contributed by atoms with Crippen LogP contribution in [0.2, 0.25) is 0 Å². The number of allylic oxidation sites excluding steroid dienone is 2. The van der Waals surface area contributed by atoms with Crippen molar-refractivity contribution in [1.82, 2.24) is 5.32 Å². The molecule has 0 atom stereocenters. The summed E-state index contributed by atoms with van der Waals surface area (Å²) in [4.78, 5) is 10.5. The second kappa shape index (κ2) is 9.67. The maximum Gasteiger partial charge on any atom is 0.211 e. The van der Waals surface area contributed by atoms with E-state index in [1.54, 1.807) is 12.1 Å². The highest BCUT2D eigenvalue weighted by molar-refractivity contribution is 6.11. The molecule has 5 N–H and O–H groups in total. The van der Waals surface area contributed by atoms with Crippen molar-refractivity contribution in [2.75, 3.05) is 32.1 Å². The topological polar surface area (TPSA) is 100 Å². The monoisotopic (exact) mass is 372 g/mol. The fourth-order valence-corrected chi connectivity index (χ4v) is 3.32. The quantitative estimate of drug-likeness (QED) is 0.456. The van der Waals surface area contributed by atoms with Gasteiger partial charge in [-0.05, 0) is 49.4 Å². The molecule has 1 aromatic rings. The average Bonchev–Trinajstić information content (AvgIpc) is 2.58. The largest absolute Gasteiger partial charge is 0.402 e. The lowest BCUT2D eigenvalue weighted by Crippen LogP contribution is -2.35. The van der Waals surface area contributed by atoms with E-state index in [2.05, 4.69) is 24.5 Å². The first-order valence-electron chi connectivity index (χ1n) is 9.45. The number of hydrogen-bond acceptors (Lipinski definition) is 5. The van der Waals surface area contributed by atoms with Crippen molar-refractivity contribution in [3.8, 4) is 0 Å². The van der Waals surface area contributed by atoms with Gasteiger partial charge in [0.15, 0.2) is 0 Å². The summed E-state index contributed by atoms with van der Waals surface area (Å²) in [6.07, 6.45) is 3.34. The first-order chi connectivity index (χ1) is 12.9. The fourth-order valence-electron chi connectivity index (χ4n) is 3.32. The Hall–Kier alpha value is -2.18. The molecule has 0 saturated carbocycles. The molecular formula is C21H32N4O2. The number of carbonyl (C=O) groups excluding carboxylic acids is 1. The third kappa shape index (κ3) is 6.19. The van der Waals surface area contributed by atoms with Gasteiger partial charge in [-0.1, -0.05) is 26.0 Å². The van der Waals surface area contributed by atoms with E-state index in [-0.39, 0.29) is 5.41 Å². The van der Waals surface area contributed by atoms with Gasteiger partial charge in [-0.2, -0.15) is 0 Å². The average molecular weight is 373 g/mol. The number of ether oxygens (including phenoxy) is 1. The van der Waals surface area contributed by atoms with Gasteiger partial charge in [0.25, 0.3) is 0 Å². The number of nitrogens with two attached hydrogens (primary N) is 1. The summed E-state index contributed by atoms with van der Waals surface area (Å²) < 4.78 is 4.95. The molecule has 6 nitrogen and oxygen atoms in total. The molecule has 0 aromatic heterocycles. The maximum absolute atomic E-state index is 10.5. The minimum Gasteiger partial charge on any atom is -0.402 e. The van der Waals surface area contributed by atoms with E-state index in [1.165, 1.54) is 0 Å². The summed E-state index contributed by atoms with van der Waals surface area (Å²) >= 11 is 0. The molecule has 0 bridgehead atoms. The van der Waals surface area contributed by atoms with Gasteiger partial charge in [0.2, 0.25) is 6.41 Å². The zero-order valence-corrected chi connectivity index (χ0v) is 16.6. The van der Waals surface area contributed by atoms with Gasteiger partial charge in [-0.15, -0.1) is 0 Å². The smallest absolute Gasteiger partial charge is 0.211 e. The van der Waals surface area contributed by atoms with Crippen LogP contribution in [0.5, 0.6) is 0 Å². The lowest BCUT2D eigenvalue weighted by molar-refractivity contribution is -0.105. The third-order valence-corrected chi connectivity index (χ3v) is 4.99. The van der Waals surface area contributed by atoms with Gasteiger partial charge in [-0.3, -0.25) is 10.2 Å². The van der Waals surface area contributed by atoms with Gasteiger partial charge in [0.1, 0.15) is 0 Å². The lowest BCUT2D eigenvalue weighted by Gasteiger charge is -2.31. The van der Waals surface area contributed by atoms with E-state index in [9.17, 15) is 4.79 Å². The van der Waals surface area contributed by atoms with Crippen molar-refractivity contribution in [2.45, 2.75) is 33.1 Å². The molecular weight excluding hydrogens is 340 g/mol. The van der Waals surface area contributed by atoms with Crippen molar-refractivity contribution in [3.63, 3.8) is 0 Å². The standard InChI is InChI=1S/C16H21N3O.C5H11NO/c1-16(2)7-6-13(14(17)9-16)15(18)11-4-3-5-12(8-11)19-10-20;1-6-2-5-3-7-4-5/h3-5,8,10,18H,6-7,9,17H2,1-2H3,(H,19,20);5-6H,2-4H2,1H3. The third-order valence-electron chi connectivity index (χ3n) is 4.99. The second-order valence-electron chi connectivity index (χ2n) is 8.02. The molecule has 1 amide bonds. The molecule has 1 fully saturated rings. The summed E-state index contributed by atoms with van der Waals surface area (Å²) in [5.74, 6) is 0.796. The van der Waals surface area contributed by atoms with Crippen LogP contribution in [0.25, 0.3) is 0 Å². The van der Waals surface area contributed by atoms with Crippen LogP contribution in [0.3, 0.4) is 0 Å². The SMILES string of the molecule is CC1(C)CCC(C(=N)c2cccc(NC=O)c2)=C(N)C1.CNCC1COC1. The molecule has 1 aliphatic heterocycles. The van der Waals surface area contributed by atoms with Gasteiger partial charge in [0.05, 0.1) is 18.9 Å². The molecule has 1 aromatic carbocycles. The Morgan fingerprint density at radius 2 is 2.15 bits per heavy atom. The number of amides is 1. The lowest BCUT2D eigenvalue weighted by atomic mass is 9.75. The zero-order valence-electron chi connectivity index (χ0n) is 16.6. The summed E-state index contributed by atoms with van der Waals surface area (Å²) in [5, 5.41) is 14.1. The molecule has 6 heteroatoms. The predicted molar refractivity (Wildman–Crippen MR) is 110 cm³/mol. The minimum absolute atomic E-state index is 0.217. The van der Waals surface area contributed by atoms with Gasteiger partial charge >= 0.3 is 0 Å². The minimum atomic E-state index is 0.217. The number of hydrogen-bond donors (Lipinski definition) is 4. The first-order valence-corrected chi connectivity index (χ1v) is 9.45. The highest BCUT2D eigenvalue weighted by Gasteiger charge is 2.27. The van der Waals surface area contributed by atoms with Gasteiger partial charge < -0.3 is 21.1 Å². The van der Waals surface area contributed by atoms with E-state index < -0.39 is 0 Å². The van der Waals surface area contributed by atoms with Gasteiger partial charge in [-0.25, -0.2) is 0 Å². The van der Waals surface area contributed by atoms with Crippen molar-refractivity contribution in [2.24, 2.45) is 17.1 Å². The van der Waals surface area contributed by atoms with E-state index in [1.807, 2.05) is 19.2 Å². The molecule has 148 valence electrons. The number of carbonyl (C=O) groups is 1. The molecule has 2 aliphatic rings. The number of anilines is 1. The highest BCUT2D eigenvalue weighted by atomic mass is 16.5. The summed E-state index contributed by atoms with van der Waals surface area (Å²) in [6.45, 7) is 7.44. The Labute approximate surface area is 162 Å². The Balaban J connectivity index is 0.000000313. The normalized spacial score (nSPS) is 18.8.